The zero-order valence-corrected chi connectivity index (χ0v) is 21.7. The van der Waals surface area contributed by atoms with Crippen LogP contribution in [0.15, 0.2) is 61.3 Å². The molecule has 12 heteroatoms. The first-order valence-electron chi connectivity index (χ1n) is 11.6. The topological polar surface area (TPSA) is 137 Å². The molecule has 4 rings (SSSR count). The molecule has 1 aromatic heterocycles. The van der Waals surface area contributed by atoms with Gasteiger partial charge in [0.1, 0.15) is 0 Å². The number of nitrogens with one attached hydrogen (secondary N) is 2. The summed E-state index contributed by atoms with van der Waals surface area (Å²) < 4.78 is 16.5. The highest BCUT2D eigenvalue weighted by Crippen LogP contribution is 2.44. The Kier molecular flexibility index (Phi) is 8.14. The second-order valence-corrected chi connectivity index (χ2v) is 10.3. The molecule has 0 radical (unpaired) electrons. The van der Waals surface area contributed by atoms with Gasteiger partial charge in [-0.25, -0.2) is 14.5 Å². The minimum atomic E-state index is -4.74. The van der Waals surface area contributed by atoms with Crippen molar-refractivity contribution in [3.05, 3.63) is 66.3 Å². The second kappa shape index (κ2) is 11.3. The largest absolute Gasteiger partial charge is 0.524 e. The standard InChI is InChI=1S/C25H27ClN5O5P/c1-3-23(32)28-18-6-4-5-17(13-18)24-20(26)15-27-25(30-24)29-19-7-8-22(36-37(33,34)35)21(14-19)31-11-9-16(2)10-12-31/h3-8,13-16H,1,9-12H2,2H3,(H,28,32)(H,27,29,30)(H2,33,34,35). The molecular formula is C25H27ClN5O5P. The summed E-state index contributed by atoms with van der Waals surface area (Å²) in [6, 6.07) is 12.0. The molecular weight excluding hydrogens is 517 g/mol. The number of halogens is 1. The van der Waals surface area contributed by atoms with E-state index in [4.69, 9.17) is 16.1 Å². The number of hydrogen-bond acceptors (Lipinski definition) is 7. The Hall–Kier alpha value is -3.43. The molecule has 0 unspecified atom stereocenters. The van der Waals surface area contributed by atoms with Crippen molar-refractivity contribution >= 4 is 48.3 Å². The van der Waals surface area contributed by atoms with Crippen LogP contribution in [-0.2, 0) is 9.36 Å². The van der Waals surface area contributed by atoms with E-state index in [0.29, 0.717) is 39.3 Å². The molecule has 3 aromatic rings. The Bertz CT molecular complexity index is 1360. The molecule has 0 aliphatic carbocycles. The van der Waals surface area contributed by atoms with Gasteiger partial charge in [0, 0.05) is 30.0 Å². The molecule has 10 nitrogen and oxygen atoms in total. The van der Waals surface area contributed by atoms with Gasteiger partial charge < -0.3 is 20.1 Å². The summed E-state index contributed by atoms with van der Waals surface area (Å²) in [5, 5.41) is 6.17. The second-order valence-electron chi connectivity index (χ2n) is 8.72. The van der Waals surface area contributed by atoms with E-state index in [1.165, 1.54) is 18.3 Å². The van der Waals surface area contributed by atoms with E-state index in [-0.39, 0.29) is 17.6 Å². The highest BCUT2D eigenvalue weighted by Gasteiger charge is 2.24. The van der Waals surface area contributed by atoms with E-state index in [2.05, 4.69) is 34.1 Å². The third-order valence-electron chi connectivity index (χ3n) is 5.89. The van der Waals surface area contributed by atoms with Crippen molar-refractivity contribution in [1.29, 1.82) is 0 Å². The number of rotatable bonds is 8. The number of carbonyl (C=O) groups excluding carboxylic acids is 1. The Morgan fingerprint density at radius 1 is 1.22 bits per heavy atom. The summed E-state index contributed by atoms with van der Waals surface area (Å²) in [6.07, 6.45) is 4.58. The Labute approximate surface area is 219 Å². The van der Waals surface area contributed by atoms with Crippen LogP contribution in [0, 0.1) is 5.92 Å². The number of benzene rings is 2. The lowest BCUT2D eigenvalue weighted by Gasteiger charge is -2.33. The minimum Gasteiger partial charge on any atom is -0.402 e. The highest BCUT2D eigenvalue weighted by atomic mass is 35.5. The maximum atomic E-state index is 11.7. The van der Waals surface area contributed by atoms with E-state index < -0.39 is 7.82 Å². The molecule has 0 atom stereocenters. The zero-order valence-electron chi connectivity index (χ0n) is 20.1. The van der Waals surface area contributed by atoms with Crippen molar-refractivity contribution in [3.63, 3.8) is 0 Å². The Balaban J connectivity index is 1.63. The fraction of sp³-hybridized carbons (Fsp3) is 0.240. The average molecular weight is 544 g/mol. The van der Waals surface area contributed by atoms with E-state index in [1.54, 1.807) is 30.3 Å². The molecule has 1 saturated heterocycles. The molecule has 37 heavy (non-hydrogen) atoms. The van der Waals surface area contributed by atoms with Crippen LogP contribution in [0.3, 0.4) is 0 Å². The number of nitrogens with zero attached hydrogens (tertiary/aromatic N) is 3. The summed E-state index contributed by atoms with van der Waals surface area (Å²) in [4.78, 5) is 41.3. The van der Waals surface area contributed by atoms with Crippen molar-refractivity contribution in [3.8, 4) is 17.0 Å². The van der Waals surface area contributed by atoms with Crippen molar-refractivity contribution in [1.82, 2.24) is 9.97 Å². The van der Waals surface area contributed by atoms with Gasteiger partial charge in [-0.05, 0) is 55.2 Å². The maximum Gasteiger partial charge on any atom is 0.524 e. The summed E-state index contributed by atoms with van der Waals surface area (Å²) in [6.45, 7) is 7.11. The molecule has 194 valence electrons. The third-order valence-corrected chi connectivity index (χ3v) is 6.60. The quantitative estimate of drug-likeness (QED) is 0.218. The van der Waals surface area contributed by atoms with Gasteiger partial charge in [0.15, 0.2) is 5.75 Å². The lowest BCUT2D eigenvalue weighted by molar-refractivity contribution is -0.111. The number of amides is 1. The average Bonchev–Trinajstić information content (AvgIpc) is 2.86. The molecule has 4 N–H and O–H groups in total. The van der Waals surface area contributed by atoms with Crippen LogP contribution in [0.5, 0.6) is 5.75 Å². The van der Waals surface area contributed by atoms with Gasteiger partial charge in [0.25, 0.3) is 0 Å². The molecule has 0 bridgehead atoms. The predicted molar refractivity (Wildman–Crippen MR) is 144 cm³/mol. The Morgan fingerprint density at radius 2 is 1.97 bits per heavy atom. The summed E-state index contributed by atoms with van der Waals surface area (Å²) in [5.41, 5.74) is 2.87. The predicted octanol–water partition coefficient (Wildman–Crippen LogP) is 5.37. The van der Waals surface area contributed by atoms with Crippen LogP contribution in [0.2, 0.25) is 5.02 Å². The van der Waals surface area contributed by atoms with Gasteiger partial charge >= 0.3 is 7.82 Å². The first kappa shape index (κ1) is 26.6. The number of phosphoric ester groups is 1. The smallest absolute Gasteiger partial charge is 0.402 e. The zero-order chi connectivity index (χ0) is 26.6. The van der Waals surface area contributed by atoms with Crippen molar-refractivity contribution in [2.24, 2.45) is 5.92 Å². The number of piperidine rings is 1. The van der Waals surface area contributed by atoms with Crippen LogP contribution >= 0.6 is 19.4 Å². The van der Waals surface area contributed by atoms with Crippen LogP contribution < -0.4 is 20.1 Å². The lowest BCUT2D eigenvalue weighted by Crippen LogP contribution is -2.33. The molecule has 2 aromatic carbocycles. The monoisotopic (exact) mass is 543 g/mol. The molecule has 1 aliphatic heterocycles. The van der Waals surface area contributed by atoms with Gasteiger partial charge in [0.05, 0.1) is 22.6 Å². The Morgan fingerprint density at radius 3 is 2.68 bits per heavy atom. The number of phosphoric acid groups is 1. The molecule has 1 aliphatic rings. The number of aromatic nitrogens is 2. The molecule has 0 spiro atoms. The number of anilines is 4. The van der Waals surface area contributed by atoms with Crippen LogP contribution in [-0.4, -0.2) is 38.8 Å². The van der Waals surface area contributed by atoms with Crippen molar-refractivity contribution in [2.75, 3.05) is 28.6 Å². The van der Waals surface area contributed by atoms with Crippen LogP contribution in [0.25, 0.3) is 11.3 Å². The van der Waals surface area contributed by atoms with Gasteiger partial charge in [-0.1, -0.05) is 37.2 Å². The van der Waals surface area contributed by atoms with E-state index in [0.717, 1.165) is 25.9 Å². The highest BCUT2D eigenvalue weighted by molar-refractivity contribution is 7.46. The van der Waals surface area contributed by atoms with E-state index in [9.17, 15) is 19.1 Å². The van der Waals surface area contributed by atoms with E-state index >= 15 is 0 Å². The van der Waals surface area contributed by atoms with Gasteiger partial charge in [-0.15, -0.1) is 0 Å². The van der Waals surface area contributed by atoms with Gasteiger partial charge in [-0.2, -0.15) is 0 Å². The van der Waals surface area contributed by atoms with Crippen LogP contribution in [0.4, 0.5) is 23.0 Å². The normalized spacial score (nSPS) is 14.2. The summed E-state index contributed by atoms with van der Waals surface area (Å²) in [5.74, 6) is 0.609. The fourth-order valence-corrected chi connectivity index (χ4v) is 4.60. The molecule has 1 fully saturated rings. The maximum absolute atomic E-state index is 11.7. The van der Waals surface area contributed by atoms with Gasteiger partial charge in [0.2, 0.25) is 11.9 Å². The number of hydrogen-bond donors (Lipinski definition) is 4. The van der Waals surface area contributed by atoms with Crippen LogP contribution in [0.1, 0.15) is 19.8 Å². The lowest BCUT2D eigenvalue weighted by atomic mass is 9.98. The van der Waals surface area contributed by atoms with Crippen molar-refractivity contribution in [2.45, 2.75) is 19.8 Å². The minimum absolute atomic E-state index is 0.101. The summed E-state index contributed by atoms with van der Waals surface area (Å²) in [7, 11) is -4.74. The SMILES string of the molecule is C=CC(=O)Nc1cccc(-c2nc(Nc3ccc(OP(=O)(O)O)c(N4CCC(C)CC4)c3)ncc2Cl)c1. The first-order valence-corrected chi connectivity index (χ1v) is 13.5. The van der Waals surface area contributed by atoms with Crippen molar-refractivity contribution < 1.29 is 23.7 Å². The van der Waals surface area contributed by atoms with E-state index in [1.807, 2.05) is 11.0 Å². The third kappa shape index (κ3) is 7.08. The number of carbonyl (C=O) groups is 1. The molecule has 1 amide bonds. The molecule has 0 saturated carbocycles. The molecule has 2 heterocycles. The summed E-state index contributed by atoms with van der Waals surface area (Å²) >= 11 is 6.39. The van der Waals surface area contributed by atoms with Gasteiger partial charge in [-0.3, -0.25) is 14.6 Å². The first-order chi connectivity index (χ1) is 17.6. The fourth-order valence-electron chi connectivity index (χ4n) is 3.99.